The Balaban J connectivity index is 2.38. The van der Waals surface area contributed by atoms with Gasteiger partial charge < -0.3 is 10.5 Å². The molecule has 1 fully saturated rings. The summed E-state index contributed by atoms with van der Waals surface area (Å²) in [6, 6.07) is 1.30. The third-order valence-corrected chi connectivity index (χ3v) is 4.23. The van der Waals surface area contributed by atoms with E-state index in [1.165, 1.54) is 19.3 Å². The van der Waals surface area contributed by atoms with Gasteiger partial charge in [0.25, 0.3) is 0 Å². The predicted molar refractivity (Wildman–Crippen MR) is 77.9 cm³/mol. The average Bonchev–Trinajstić information content (AvgIpc) is 2.33. The molecule has 1 heterocycles. The van der Waals surface area contributed by atoms with Gasteiger partial charge in [-0.3, -0.25) is 9.69 Å². The van der Waals surface area contributed by atoms with E-state index in [0.717, 1.165) is 13.0 Å². The fraction of sp³-hybridized carbons (Fsp3) is 0.933. The first kappa shape index (κ1) is 16.4. The molecule has 2 N–H and O–H groups in total. The van der Waals surface area contributed by atoms with Crippen LogP contribution in [0.2, 0.25) is 0 Å². The maximum atomic E-state index is 11.7. The van der Waals surface area contributed by atoms with E-state index in [-0.39, 0.29) is 5.97 Å². The van der Waals surface area contributed by atoms with Gasteiger partial charge in [-0.2, -0.15) is 0 Å². The molecule has 1 aliphatic heterocycles. The molecule has 19 heavy (non-hydrogen) atoms. The second-order valence-electron chi connectivity index (χ2n) is 6.11. The summed E-state index contributed by atoms with van der Waals surface area (Å²) in [5.74, 6) is -0.283. The predicted octanol–water partition coefficient (Wildman–Crippen LogP) is 2.31. The van der Waals surface area contributed by atoms with Crippen LogP contribution in [0.3, 0.4) is 0 Å². The lowest BCUT2D eigenvalue weighted by atomic mass is 9.94. The van der Waals surface area contributed by atoms with Crippen molar-refractivity contribution in [2.45, 2.75) is 77.4 Å². The topological polar surface area (TPSA) is 55.6 Å². The summed E-state index contributed by atoms with van der Waals surface area (Å²) in [5.41, 5.74) is 5.19. The Kier molecular flexibility index (Phi) is 6.27. The van der Waals surface area contributed by atoms with Crippen LogP contribution in [-0.4, -0.2) is 41.6 Å². The van der Waals surface area contributed by atoms with Gasteiger partial charge in [-0.1, -0.05) is 6.42 Å². The van der Waals surface area contributed by atoms with Gasteiger partial charge in [-0.25, -0.2) is 0 Å². The first-order valence-corrected chi connectivity index (χ1v) is 7.60. The number of nitrogens with two attached hydrogens (primary N) is 1. The Morgan fingerprint density at radius 1 is 1.37 bits per heavy atom. The molecule has 0 saturated carbocycles. The largest absolute Gasteiger partial charge is 0.465 e. The van der Waals surface area contributed by atoms with Crippen LogP contribution >= 0.6 is 0 Å². The maximum Gasteiger partial charge on any atom is 0.325 e. The van der Waals surface area contributed by atoms with Crippen molar-refractivity contribution >= 4 is 5.97 Å². The van der Waals surface area contributed by atoms with Gasteiger partial charge in [0.1, 0.15) is 5.54 Å². The number of likely N-dealkylation sites (tertiary alicyclic amines) is 1. The third-order valence-electron chi connectivity index (χ3n) is 4.23. The summed E-state index contributed by atoms with van der Waals surface area (Å²) in [5, 5.41) is 0. The van der Waals surface area contributed by atoms with Gasteiger partial charge in [0.05, 0.1) is 6.61 Å². The number of hydrogen-bond donors (Lipinski definition) is 1. The zero-order chi connectivity index (χ0) is 14.5. The number of ether oxygens (including phenoxy) is 1. The van der Waals surface area contributed by atoms with Gasteiger partial charge in [-0.15, -0.1) is 0 Å². The highest BCUT2D eigenvalue weighted by Gasteiger charge is 2.30. The van der Waals surface area contributed by atoms with E-state index in [1.54, 1.807) is 6.92 Å². The highest BCUT2D eigenvalue weighted by Crippen LogP contribution is 2.23. The SMILES string of the molecule is CCOC(=O)C(C)(N)CCCN1[C@H](C)CCC[C@@H]1C. The lowest BCUT2D eigenvalue weighted by Gasteiger charge is -2.39. The molecule has 1 aliphatic rings. The Hall–Kier alpha value is -0.610. The molecule has 1 saturated heterocycles. The van der Waals surface area contributed by atoms with E-state index in [0.29, 0.717) is 25.1 Å². The molecule has 4 nitrogen and oxygen atoms in total. The van der Waals surface area contributed by atoms with Crippen molar-refractivity contribution in [3.8, 4) is 0 Å². The summed E-state index contributed by atoms with van der Waals surface area (Å²) < 4.78 is 5.01. The quantitative estimate of drug-likeness (QED) is 0.753. The molecule has 0 aromatic carbocycles. The van der Waals surface area contributed by atoms with Crippen LogP contribution in [0.15, 0.2) is 0 Å². The Labute approximate surface area is 117 Å². The van der Waals surface area contributed by atoms with E-state index >= 15 is 0 Å². The van der Waals surface area contributed by atoms with Crippen molar-refractivity contribution in [2.24, 2.45) is 5.73 Å². The molecule has 4 heteroatoms. The van der Waals surface area contributed by atoms with E-state index in [1.807, 2.05) is 6.92 Å². The lowest BCUT2D eigenvalue weighted by Crippen LogP contribution is -2.48. The van der Waals surface area contributed by atoms with Crippen molar-refractivity contribution in [1.29, 1.82) is 0 Å². The molecule has 0 bridgehead atoms. The molecule has 1 rings (SSSR count). The van der Waals surface area contributed by atoms with Crippen LogP contribution in [0.4, 0.5) is 0 Å². The summed E-state index contributed by atoms with van der Waals surface area (Å²) in [6.45, 7) is 9.59. The number of rotatable bonds is 6. The van der Waals surface area contributed by atoms with Gasteiger partial charge >= 0.3 is 5.97 Å². The molecular weight excluding hydrogens is 240 g/mol. The lowest BCUT2D eigenvalue weighted by molar-refractivity contribution is -0.149. The first-order valence-electron chi connectivity index (χ1n) is 7.60. The van der Waals surface area contributed by atoms with E-state index in [4.69, 9.17) is 10.5 Å². The van der Waals surface area contributed by atoms with Crippen molar-refractivity contribution < 1.29 is 9.53 Å². The Morgan fingerprint density at radius 2 is 1.95 bits per heavy atom. The van der Waals surface area contributed by atoms with Crippen molar-refractivity contribution in [1.82, 2.24) is 4.90 Å². The zero-order valence-electron chi connectivity index (χ0n) is 12.9. The normalized spacial score (nSPS) is 27.8. The second kappa shape index (κ2) is 7.25. The van der Waals surface area contributed by atoms with Gasteiger partial charge in [-0.05, 0) is 59.9 Å². The molecule has 0 radical (unpaired) electrons. The van der Waals surface area contributed by atoms with Crippen LogP contribution < -0.4 is 5.73 Å². The van der Waals surface area contributed by atoms with Gasteiger partial charge in [0.15, 0.2) is 0 Å². The van der Waals surface area contributed by atoms with Crippen molar-refractivity contribution in [3.63, 3.8) is 0 Å². The molecule has 0 aromatic rings. The Morgan fingerprint density at radius 3 is 2.47 bits per heavy atom. The van der Waals surface area contributed by atoms with E-state index < -0.39 is 5.54 Å². The minimum atomic E-state index is -0.849. The number of piperidine rings is 1. The summed E-state index contributed by atoms with van der Waals surface area (Å²) in [4.78, 5) is 14.3. The minimum Gasteiger partial charge on any atom is -0.465 e. The monoisotopic (exact) mass is 270 g/mol. The molecular formula is C15H30N2O2. The number of esters is 1. The van der Waals surface area contributed by atoms with Crippen molar-refractivity contribution in [3.05, 3.63) is 0 Å². The summed E-state index contributed by atoms with van der Waals surface area (Å²) in [6.07, 6.45) is 5.52. The average molecular weight is 270 g/mol. The molecule has 0 spiro atoms. The molecule has 0 amide bonds. The van der Waals surface area contributed by atoms with Crippen LogP contribution in [0.25, 0.3) is 0 Å². The fourth-order valence-electron chi connectivity index (χ4n) is 2.94. The number of carbonyl (C=O) groups excluding carboxylic acids is 1. The molecule has 0 aliphatic carbocycles. The molecule has 3 atom stereocenters. The summed E-state index contributed by atoms with van der Waals surface area (Å²) in [7, 11) is 0. The fourth-order valence-corrected chi connectivity index (χ4v) is 2.94. The van der Waals surface area contributed by atoms with E-state index in [2.05, 4.69) is 18.7 Å². The van der Waals surface area contributed by atoms with Crippen LogP contribution in [-0.2, 0) is 9.53 Å². The third kappa shape index (κ3) is 4.77. The highest BCUT2D eigenvalue weighted by atomic mass is 16.5. The van der Waals surface area contributed by atoms with E-state index in [9.17, 15) is 4.79 Å². The highest BCUT2D eigenvalue weighted by molar-refractivity contribution is 5.79. The number of carbonyl (C=O) groups is 1. The second-order valence-corrected chi connectivity index (χ2v) is 6.11. The van der Waals surface area contributed by atoms with Gasteiger partial charge in [0.2, 0.25) is 0 Å². The standard InChI is InChI=1S/C15H30N2O2/c1-5-19-14(18)15(4,16)10-7-11-17-12(2)8-6-9-13(17)3/h12-13H,5-11,16H2,1-4H3/t12-,13+,15?. The Bertz CT molecular complexity index is 282. The number of hydrogen-bond acceptors (Lipinski definition) is 4. The molecule has 0 aromatic heterocycles. The number of nitrogens with zero attached hydrogens (tertiary/aromatic N) is 1. The van der Waals surface area contributed by atoms with Crippen LogP contribution in [0.5, 0.6) is 0 Å². The molecule has 112 valence electrons. The summed E-state index contributed by atoms with van der Waals surface area (Å²) >= 11 is 0. The molecule has 1 unspecified atom stereocenters. The zero-order valence-corrected chi connectivity index (χ0v) is 12.9. The van der Waals surface area contributed by atoms with Crippen molar-refractivity contribution in [2.75, 3.05) is 13.2 Å². The van der Waals surface area contributed by atoms with Crippen LogP contribution in [0, 0.1) is 0 Å². The maximum absolute atomic E-state index is 11.7. The van der Waals surface area contributed by atoms with Gasteiger partial charge in [0, 0.05) is 12.1 Å². The first-order chi connectivity index (χ1) is 8.88. The van der Waals surface area contributed by atoms with Crippen LogP contribution in [0.1, 0.15) is 59.8 Å². The smallest absolute Gasteiger partial charge is 0.325 e. The minimum absolute atomic E-state index is 0.283.